The molecule has 0 aliphatic heterocycles. The summed E-state index contributed by atoms with van der Waals surface area (Å²) in [6.45, 7) is 12.5. The zero-order valence-corrected chi connectivity index (χ0v) is 19.4. The first kappa shape index (κ1) is 20.7. The summed E-state index contributed by atoms with van der Waals surface area (Å²) in [5.74, 6) is 1.60. The molecular weight excluding hydrogens is 396 g/mol. The zero-order valence-electron chi connectivity index (χ0n) is 18.5. The number of aromatic nitrogens is 3. The quantitative estimate of drug-likeness (QED) is 0.338. The molecule has 1 aromatic carbocycles. The molecule has 4 rings (SSSR count). The molecule has 0 unspecified atom stereocenters. The lowest BCUT2D eigenvalue weighted by Gasteiger charge is -2.24. The minimum atomic E-state index is -0.340. The molecule has 0 amide bonds. The highest BCUT2D eigenvalue weighted by Gasteiger charge is 2.49. The third-order valence-electron chi connectivity index (χ3n) is 6.33. The number of fused-ring (bicyclic) bond motifs is 2. The number of aryl methyl sites for hydroxylation is 1. The van der Waals surface area contributed by atoms with E-state index < -0.39 is 0 Å². The molecular formula is C23H28N4O2S. The van der Waals surface area contributed by atoms with Gasteiger partial charge in [0.25, 0.3) is 0 Å². The molecule has 3 aromatic rings. The first-order chi connectivity index (χ1) is 14.1. The van der Waals surface area contributed by atoms with Crippen LogP contribution in [0.1, 0.15) is 55.6 Å². The predicted molar refractivity (Wildman–Crippen MR) is 121 cm³/mol. The fraction of sp³-hybridized carbons (Fsp3) is 0.435. The molecule has 0 fully saturated rings. The molecule has 0 saturated carbocycles. The molecule has 158 valence electrons. The molecule has 30 heavy (non-hydrogen) atoms. The van der Waals surface area contributed by atoms with Gasteiger partial charge in [-0.05, 0) is 37.1 Å². The normalized spacial score (nSPS) is 18.2. The highest BCUT2D eigenvalue weighted by atomic mass is 32.2. The van der Waals surface area contributed by atoms with Crippen molar-refractivity contribution in [2.24, 2.45) is 5.16 Å². The van der Waals surface area contributed by atoms with Crippen molar-refractivity contribution < 1.29 is 9.94 Å². The fourth-order valence-electron chi connectivity index (χ4n) is 4.78. The van der Waals surface area contributed by atoms with Gasteiger partial charge in [-0.25, -0.2) is 4.98 Å². The Kier molecular flexibility index (Phi) is 4.84. The van der Waals surface area contributed by atoms with Crippen LogP contribution in [0, 0.1) is 13.8 Å². The van der Waals surface area contributed by atoms with Gasteiger partial charge in [-0.3, -0.25) is 4.98 Å². The van der Waals surface area contributed by atoms with Gasteiger partial charge in [-0.2, -0.15) is 0 Å². The molecule has 0 radical (unpaired) electrons. The third-order valence-corrected chi connectivity index (χ3v) is 7.21. The lowest BCUT2D eigenvalue weighted by atomic mass is 9.79. The number of methoxy groups -OCH3 is 1. The number of rotatable bonds is 4. The molecule has 7 heteroatoms. The first-order valence-electron chi connectivity index (χ1n) is 10.0. The second kappa shape index (κ2) is 7.01. The summed E-state index contributed by atoms with van der Waals surface area (Å²) in [5, 5.41) is 14.2. The lowest BCUT2D eigenvalue weighted by molar-refractivity contribution is 0.310. The van der Waals surface area contributed by atoms with Crippen LogP contribution in [0.4, 0.5) is 0 Å². The van der Waals surface area contributed by atoms with E-state index in [0.717, 1.165) is 50.0 Å². The van der Waals surface area contributed by atoms with Gasteiger partial charge in [0.1, 0.15) is 5.75 Å². The van der Waals surface area contributed by atoms with Gasteiger partial charge in [0.05, 0.1) is 29.5 Å². The first-order valence-corrected chi connectivity index (χ1v) is 11.0. The summed E-state index contributed by atoms with van der Waals surface area (Å²) >= 11 is 1.63. The number of H-pyrrole nitrogens is 1. The van der Waals surface area contributed by atoms with E-state index in [1.54, 1.807) is 18.9 Å². The average Bonchev–Trinajstić information content (AvgIpc) is 3.14. The van der Waals surface area contributed by atoms with E-state index in [1.807, 2.05) is 20.0 Å². The van der Waals surface area contributed by atoms with Crippen molar-refractivity contribution in [3.63, 3.8) is 0 Å². The Bertz CT molecular complexity index is 1120. The van der Waals surface area contributed by atoms with E-state index in [0.29, 0.717) is 5.75 Å². The van der Waals surface area contributed by atoms with Crippen LogP contribution < -0.4 is 4.74 Å². The lowest BCUT2D eigenvalue weighted by Crippen LogP contribution is -2.34. The predicted octanol–water partition coefficient (Wildman–Crippen LogP) is 5.27. The van der Waals surface area contributed by atoms with Gasteiger partial charge in [0.15, 0.2) is 5.16 Å². The van der Waals surface area contributed by atoms with Crippen molar-refractivity contribution >= 4 is 28.5 Å². The second-order valence-corrected chi connectivity index (χ2v) is 9.95. The summed E-state index contributed by atoms with van der Waals surface area (Å²) in [7, 11) is 1.70. The summed E-state index contributed by atoms with van der Waals surface area (Å²) in [6.07, 6.45) is 1.86. The minimum Gasteiger partial charge on any atom is -0.496 e. The summed E-state index contributed by atoms with van der Waals surface area (Å²) in [4.78, 5) is 12.8. The van der Waals surface area contributed by atoms with Crippen LogP contribution in [-0.4, -0.2) is 33.0 Å². The average molecular weight is 425 g/mol. The number of oxime groups is 1. The number of imidazole rings is 1. The van der Waals surface area contributed by atoms with E-state index in [2.05, 4.69) is 55.0 Å². The van der Waals surface area contributed by atoms with Crippen molar-refractivity contribution in [2.75, 3.05) is 7.11 Å². The number of nitrogens with zero attached hydrogens (tertiary/aromatic N) is 3. The Labute approximate surface area is 181 Å². The Balaban J connectivity index is 1.67. The molecule has 0 saturated heterocycles. The van der Waals surface area contributed by atoms with E-state index in [9.17, 15) is 5.21 Å². The van der Waals surface area contributed by atoms with Crippen LogP contribution >= 0.6 is 11.8 Å². The van der Waals surface area contributed by atoms with Crippen molar-refractivity contribution in [1.82, 2.24) is 15.0 Å². The monoisotopic (exact) mass is 424 g/mol. The maximum atomic E-state index is 9.64. The van der Waals surface area contributed by atoms with Crippen molar-refractivity contribution in [1.29, 1.82) is 0 Å². The SMILES string of the molecule is COc1c(C)cnc(CSc2nc3cc4c(cc3[nH]2)C(C)(C)/C(=N\O)C4(C)C)c1C. The fourth-order valence-corrected chi connectivity index (χ4v) is 5.69. The topological polar surface area (TPSA) is 83.4 Å². The van der Waals surface area contributed by atoms with Crippen LogP contribution in [0.25, 0.3) is 11.0 Å². The molecule has 1 aliphatic rings. The van der Waals surface area contributed by atoms with Gasteiger partial charge in [0, 0.05) is 33.9 Å². The van der Waals surface area contributed by atoms with Gasteiger partial charge >= 0.3 is 0 Å². The van der Waals surface area contributed by atoms with Gasteiger partial charge in [0.2, 0.25) is 0 Å². The molecule has 0 atom stereocenters. The summed E-state index contributed by atoms with van der Waals surface area (Å²) in [5.41, 5.74) is 7.46. The van der Waals surface area contributed by atoms with Gasteiger partial charge < -0.3 is 14.9 Å². The van der Waals surface area contributed by atoms with Crippen LogP contribution in [0.2, 0.25) is 0 Å². The number of pyridine rings is 1. The van der Waals surface area contributed by atoms with Gasteiger partial charge in [-0.1, -0.05) is 44.6 Å². The van der Waals surface area contributed by atoms with E-state index in [-0.39, 0.29) is 10.8 Å². The molecule has 2 N–H and O–H groups in total. The maximum absolute atomic E-state index is 9.64. The Morgan fingerprint density at radius 3 is 2.43 bits per heavy atom. The summed E-state index contributed by atoms with van der Waals surface area (Å²) in [6, 6.07) is 4.28. The van der Waals surface area contributed by atoms with Crippen LogP contribution in [0.3, 0.4) is 0 Å². The molecule has 1 aliphatic carbocycles. The number of benzene rings is 1. The number of hydrogen-bond donors (Lipinski definition) is 2. The van der Waals surface area contributed by atoms with E-state index in [1.165, 1.54) is 5.56 Å². The largest absolute Gasteiger partial charge is 0.496 e. The summed E-state index contributed by atoms with van der Waals surface area (Å²) < 4.78 is 5.52. The van der Waals surface area contributed by atoms with E-state index >= 15 is 0 Å². The number of nitrogens with one attached hydrogen (secondary N) is 1. The molecule has 2 aromatic heterocycles. The zero-order chi connectivity index (χ0) is 21.8. The minimum absolute atomic E-state index is 0.334. The standard InChI is InChI=1S/C23H28N4O2S/c1-12-10-24-18(13(2)19(12)29-7)11-30-21-25-16-8-14-15(9-17(16)26-21)23(5,6)20(27-28)22(14,3)4/h8-10,28H,11H2,1-7H3,(H,25,26). The Hall–Kier alpha value is -2.54. The highest BCUT2D eigenvalue weighted by Crippen LogP contribution is 2.48. The molecule has 0 bridgehead atoms. The molecule has 2 heterocycles. The van der Waals surface area contributed by atoms with Crippen LogP contribution in [-0.2, 0) is 16.6 Å². The highest BCUT2D eigenvalue weighted by molar-refractivity contribution is 7.98. The van der Waals surface area contributed by atoms with E-state index in [4.69, 9.17) is 9.72 Å². The van der Waals surface area contributed by atoms with Crippen molar-refractivity contribution in [3.05, 3.63) is 46.3 Å². The number of aromatic amines is 1. The number of thioether (sulfide) groups is 1. The molecule has 0 spiro atoms. The Morgan fingerprint density at radius 1 is 1.13 bits per heavy atom. The third kappa shape index (κ3) is 2.98. The van der Waals surface area contributed by atoms with Crippen LogP contribution in [0.5, 0.6) is 5.75 Å². The van der Waals surface area contributed by atoms with Crippen molar-refractivity contribution in [2.45, 2.75) is 63.3 Å². The Morgan fingerprint density at radius 2 is 1.80 bits per heavy atom. The van der Waals surface area contributed by atoms with Crippen LogP contribution in [0.15, 0.2) is 28.6 Å². The maximum Gasteiger partial charge on any atom is 0.166 e. The second-order valence-electron chi connectivity index (χ2n) is 8.99. The number of ether oxygens (including phenoxy) is 1. The smallest absolute Gasteiger partial charge is 0.166 e. The van der Waals surface area contributed by atoms with Crippen molar-refractivity contribution in [3.8, 4) is 5.75 Å². The van der Waals surface area contributed by atoms with Gasteiger partial charge in [-0.15, -0.1) is 0 Å². The number of hydrogen-bond acceptors (Lipinski definition) is 6. The molecule has 6 nitrogen and oxygen atoms in total.